The zero-order valence-corrected chi connectivity index (χ0v) is 67.2. The summed E-state index contributed by atoms with van der Waals surface area (Å²) >= 11 is 0. The third-order valence-electron chi connectivity index (χ3n) is 19.2. The number of β-amino-alcohol motifs (C(OH)–C–C–N with tert-alkyl or cyclic N) is 2. The van der Waals surface area contributed by atoms with Crippen LogP contribution in [0.4, 0.5) is 0 Å². The molecule has 2 aliphatic heterocycles. The first-order chi connectivity index (χ1) is 49.9. The van der Waals surface area contributed by atoms with Crippen molar-refractivity contribution in [1.29, 1.82) is 0 Å². The smallest absolute Gasteiger partial charge is 0.248 e. The molecule has 16 amide bonds. The summed E-state index contributed by atoms with van der Waals surface area (Å²) in [4.78, 5) is 222. The molecule has 10 atom stereocenters. The summed E-state index contributed by atoms with van der Waals surface area (Å²) in [6.07, 6.45) is -3.65. The van der Waals surface area contributed by atoms with Crippen LogP contribution in [0, 0.1) is 11.8 Å². The first-order valence-electron chi connectivity index (χ1n) is 36.9. The summed E-state index contributed by atoms with van der Waals surface area (Å²) in [5.41, 5.74) is -7.56. The Balaban J connectivity index is 1.72. The first-order valence-corrected chi connectivity index (χ1v) is 36.9. The molecule has 0 spiro atoms. The maximum atomic E-state index is 14.6. The number of aliphatic hydroxyl groups excluding tert-OH is 3. The molecule has 2 saturated heterocycles. The van der Waals surface area contributed by atoms with E-state index in [0.29, 0.717) is 0 Å². The molecule has 18 N–H and O–H groups in total. The van der Waals surface area contributed by atoms with Gasteiger partial charge >= 0.3 is 0 Å². The third kappa shape index (κ3) is 27.0. The van der Waals surface area contributed by atoms with Crippen molar-refractivity contribution in [2.24, 2.45) is 17.6 Å². The van der Waals surface area contributed by atoms with Gasteiger partial charge in [-0.3, -0.25) is 76.7 Å². The van der Waals surface area contributed by atoms with Crippen LogP contribution in [0.2, 0.25) is 0 Å². The Morgan fingerprint density at radius 1 is 0.477 bits per heavy atom. The number of nitrogens with two attached hydrogens (primary N) is 1. The molecule has 35 heteroatoms. The summed E-state index contributed by atoms with van der Waals surface area (Å²) in [5, 5.41) is 65.8. The normalized spacial score (nSPS) is 18.5. The molecule has 0 bridgehead atoms. The molecular weight excluding hydrogens is 1420 g/mol. The number of rotatable bonds is 39. The van der Waals surface area contributed by atoms with E-state index in [4.69, 9.17) is 5.73 Å². The van der Waals surface area contributed by atoms with E-state index in [1.165, 1.54) is 104 Å². The number of carbonyl (C=O) groups is 16. The number of likely N-dealkylation sites (tertiary alicyclic amines) is 2. The second-order valence-electron chi connectivity index (χ2n) is 33.0. The van der Waals surface area contributed by atoms with E-state index >= 15 is 0 Å². The van der Waals surface area contributed by atoms with E-state index in [2.05, 4.69) is 69.1 Å². The van der Waals surface area contributed by atoms with Crippen LogP contribution in [-0.4, -0.2) is 239 Å². The zero-order valence-electron chi connectivity index (χ0n) is 67.2. The number of primary amides is 1. The Hall–Kier alpha value is -9.38. The maximum absolute atomic E-state index is 14.6. The van der Waals surface area contributed by atoms with Gasteiger partial charge in [0, 0.05) is 39.3 Å². The van der Waals surface area contributed by atoms with E-state index < -0.39 is 220 Å². The van der Waals surface area contributed by atoms with Gasteiger partial charge in [0.25, 0.3) is 0 Å². The van der Waals surface area contributed by atoms with Crippen molar-refractivity contribution in [1.82, 2.24) is 78.9 Å². The molecule has 612 valence electrons. The minimum absolute atomic E-state index is 0.0148. The highest BCUT2D eigenvalue weighted by Gasteiger charge is 2.51. The molecule has 0 unspecified atom stereocenters. The summed E-state index contributed by atoms with van der Waals surface area (Å²) in [5.74, 6) is -13.2. The number of aliphatic hydroxyl groups is 3. The number of benzene rings is 1. The van der Waals surface area contributed by atoms with Crippen LogP contribution in [0.1, 0.15) is 202 Å². The van der Waals surface area contributed by atoms with Gasteiger partial charge < -0.3 is 100.0 Å². The minimum Gasteiger partial charge on any atom is -0.394 e. The number of amides is 16. The average Bonchev–Trinajstić information content (AvgIpc) is 1.72. The van der Waals surface area contributed by atoms with Crippen LogP contribution in [0.5, 0.6) is 0 Å². The lowest BCUT2D eigenvalue weighted by molar-refractivity contribution is -0.147. The van der Waals surface area contributed by atoms with Crippen LogP contribution in [-0.2, 0) is 83.1 Å². The fourth-order valence-electron chi connectivity index (χ4n) is 12.0. The van der Waals surface area contributed by atoms with E-state index in [0.717, 1.165) is 15.4 Å². The van der Waals surface area contributed by atoms with Crippen molar-refractivity contribution in [3.63, 3.8) is 0 Å². The van der Waals surface area contributed by atoms with Crippen LogP contribution < -0.4 is 74.9 Å². The van der Waals surface area contributed by atoms with Gasteiger partial charge in [-0.25, -0.2) is 0 Å². The number of hydrogen-bond acceptors (Lipinski definition) is 19. The predicted octanol–water partition coefficient (Wildman–Crippen LogP) is -2.48. The summed E-state index contributed by atoms with van der Waals surface area (Å²) in [6, 6.07) is 1.64. The van der Waals surface area contributed by atoms with E-state index in [1.54, 1.807) is 39.8 Å². The van der Waals surface area contributed by atoms with Gasteiger partial charge in [0.1, 0.15) is 74.5 Å². The molecule has 35 nitrogen and oxygen atoms in total. The molecule has 3 rings (SSSR count). The molecule has 0 aliphatic carbocycles. The Bertz CT molecular complexity index is 3520. The lowest BCUT2D eigenvalue weighted by Crippen LogP contribution is -2.68. The van der Waals surface area contributed by atoms with Gasteiger partial charge in [-0.2, -0.15) is 0 Å². The number of nitrogens with zero attached hydrogens (tertiary/aromatic N) is 2. The van der Waals surface area contributed by atoms with Crippen molar-refractivity contribution in [2.45, 2.75) is 296 Å². The standard InChI is InChI=1S/C74H122N16O19/c1-22-73(20,83-56(99)49(32-41(5)6)79-53(96)36-76-59(102)67(8,9)85-62(105)70(14,15)87-63(106)71(16,17)86-61(104)69(12,13)81-55(98)48(31-40(3)4)77-42(7)92)64(107)88-72(18,19)65(108)89-37-45(93)34-50(89)57(100)80-47(29-30-52(75)95)54(97)84-74(21,23-2)66(109)90-38-46(94)35-51(90)58(101)82-68(10,11)60(103)78-44(39-91)33-43-27-25-24-26-28-43/h24-28,40-41,44-51,91,93-94H,22-23,29-39H2,1-21H3,(H2,75,95)(H,76,102)(H,77,92)(H,78,103)(H,79,96)(H,80,100)(H,81,98)(H,82,101)(H,83,99)(H,84,97)(H,85,105)(H,86,104)(H,87,106)(H,88,107)/t44-,45+,46+,47-,48-,49-,50-,51-,73+,74+/m0/s1. The fourth-order valence-corrected chi connectivity index (χ4v) is 12.0. The quantitative estimate of drug-likeness (QED) is 0.0324. The largest absolute Gasteiger partial charge is 0.394 e. The fraction of sp³-hybridized carbons (Fsp3) is 0.703. The van der Waals surface area contributed by atoms with Gasteiger partial charge in [-0.15, -0.1) is 0 Å². The van der Waals surface area contributed by atoms with E-state index in [9.17, 15) is 92.0 Å². The van der Waals surface area contributed by atoms with Crippen molar-refractivity contribution in [3.05, 3.63) is 35.9 Å². The number of hydrogen-bond donors (Lipinski definition) is 17. The Morgan fingerprint density at radius 2 is 0.890 bits per heavy atom. The second kappa shape index (κ2) is 38.3. The molecule has 0 saturated carbocycles. The summed E-state index contributed by atoms with van der Waals surface area (Å²) in [6.45, 7) is 28.8. The number of carbonyl (C=O) groups excluding carboxylic acids is 16. The van der Waals surface area contributed by atoms with Crippen molar-refractivity contribution >= 4 is 94.5 Å². The predicted molar refractivity (Wildman–Crippen MR) is 400 cm³/mol. The average molecular weight is 1540 g/mol. The summed E-state index contributed by atoms with van der Waals surface area (Å²) < 4.78 is 0. The maximum Gasteiger partial charge on any atom is 0.248 e. The Morgan fingerprint density at radius 3 is 1.35 bits per heavy atom. The Labute approximate surface area is 638 Å². The molecule has 2 fully saturated rings. The first kappa shape index (κ1) is 93.8. The number of nitrogens with one attached hydrogen (secondary N) is 13. The highest BCUT2D eigenvalue weighted by atomic mass is 16.3. The molecular formula is C74H122N16O19. The van der Waals surface area contributed by atoms with Gasteiger partial charge in [0.05, 0.1) is 31.4 Å². The minimum atomic E-state index is -1.90. The molecule has 2 aliphatic rings. The molecule has 109 heavy (non-hydrogen) atoms. The lowest BCUT2D eigenvalue weighted by atomic mass is 9.93. The lowest BCUT2D eigenvalue weighted by Gasteiger charge is -2.38. The molecule has 0 aromatic heterocycles. The van der Waals surface area contributed by atoms with E-state index in [1.807, 2.05) is 32.0 Å². The van der Waals surface area contributed by atoms with E-state index in [-0.39, 0.29) is 63.3 Å². The molecule has 1 aromatic rings. The molecule has 2 heterocycles. The van der Waals surface area contributed by atoms with Crippen LogP contribution >= 0.6 is 0 Å². The van der Waals surface area contributed by atoms with Gasteiger partial charge in [-0.05, 0) is 153 Å². The van der Waals surface area contributed by atoms with Gasteiger partial charge in [0.2, 0.25) is 94.5 Å². The topological polar surface area (TPSA) is 523 Å². The monoisotopic (exact) mass is 1540 g/mol. The Kier molecular flexibility index (Phi) is 33.0. The SMILES string of the molecule is CC[C@@](C)(NC(=O)[C@H](CC(C)C)NC(=O)CNC(=O)C(C)(C)NC(=O)C(C)(C)NC(=O)C(C)(C)NC(=O)C(C)(C)NC(=O)[C@H](CC(C)C)NC(C)=O)C(=O)NC(C)(C)C(=O)N1C[C@H](O)C[C@H]1C(=O)N[C@@H](CCC(N)=O)C(=O)N[C@](C)(CC)C(=O)N1C[C@H](O)C[C@H]1C(=O)NC(C)(C)C(=O)N[C@H](CO)Cc1ccccc1. The van der Waals surface area contributed by atoms with Crippen molar-refractivity contribution in [2.75, 3.05) is 26.2 Å². The van der Waals surface area contributed by atoms with Gasteiger partial charge in [0.15, 0.2) is 0 Å². The highest BCUT2D eigenvalue weighted by Crippen LogP contribution is 2.28. The highest BCUT2D eigenvalue weighted by molar-refractivity contribution is 6.03. The summed E-state index contributed by atoms with van der Waals surface area (Å²) in [7, 11) is 0. The van der Waals surface area contributed by atoms with Gasteiger partial charge in [-0.1, -0.05) is 71.9 Å². The van der Waals surface area contributed by atoms with Crippen LogP contribution in [0.25, 0.3) is 0 Å². The van der Waals surface area contributed by atoms with Crippen LogP contribution in [0.15, 0.2) is 30.3 Å². The molecule has 1 aromatic carbocycles. The van der Waals surface area contributed by atoms with Crippen LogP contribution in [0.3, 0.4) is 0 Å². The van der Waals surface area contributed by atoms with Crippen molar-refractivity contribution < 1.29 is 92.0 Å². The van der Waals surface area contributed by atoms with Crippen molar-refractivity contribution in [3.8, 4) is 0 Å². The second-order valence-corrected chi connectivity index (χ2v) is 33.0. The molecule has 0 radical (unpaired) electrons. The zero-order chi connectivity index (χ0) is 83.7. The third-order valence-corrected chi connectivity index (χ3v) is 19.2.